The monoisotopic (exact) mass is 436 g/mol. The topological polar surface area (TPSA) is 78.9 Å². The van der Waals surface area contributed by atoms with Crippen LogP contribution in [0.2, 0.25) is 0 Å². The van der Waals surface area contributed by atoms with Crippen molar-refractivity contribution in [3.8, 4) is 0 Å². The van der Waals surface area contributed by atoms with Gasteiger partial charge in [-0.05, 0) is 0 Å². The predicted molar refractivity (Wildman–Crippen MR) is 70.0 cm³/mol. The Morgan fingerprint density at radius 1 is 0.684 bits per heavy atom. The molecule has 10 heteroatoms. The number of hydrogen-bond donors (Lipinski definition) is 0. The third-order valence-corrected chi connectivity index (χ3v) is 6.04. The summed E-state index contributed by atoms with van der Waals surface area (Å²) in [5, 5.41) is 0. The number of rotatable bonds is 9. The average Bonchev–Trinajstić information content (AvgIpc) is 2.29. The molecule has 19 heavy (non-hydrogen) atoms. The summed E-state index contributed by atoms with van der Waals surface area (Å²) in [5.41, 5.74) is 0. The van der Waals surface area contributed by atoms with Crippen molar-refractivity contribution in [2.45, 2.75) is 19.3 Å². The Bertz CT molecular complexity index is 267. The molecule has 0 aliphatic rings. The maximum absolute atomic E-state index is 11.2. The molecule has 0 bridgehead atoms. The van der Waals surface area contributed by atoms with Crippen LogP contribution in [0.4, 0.5) is 0 Å². The molecule has 6 nitrogen and oxygen atoms in total. The van der Waals surface area contributed by atoms with E-state index in [4.69, 9.17) is 43.4 Å². The zero-order valence-electron chi connectivity index (χ0n) is 9.90. The van der Waals surface area contributed by atoms with Crippen LogP contribution in [0, 0.1) is 0 Å². The van der Waals surface area contributed by atoms with E-state index in [-0.39, 0.29) is 36.9 Å². The van der Waals surface area contributed by atoms with E-state index < -0.39 is 40.7 Å². The van der Waals surface area contributed by atoms with E-state index in [1.165, 1.54) is 0 Å². The van der Waals surface area contributed by atoms with Crippen LogP contribution in [-0.2, 0) is 22.9 Å². The Morgan fingerprint density at radius 3 is 1.16 bits per heavy atom. The number of carbonyl (C=O) groups is 3. The van der Waals surface area contributed by atoms with E-state index in [0.29, 0.717) is 0 Å². The normalized spacial score (nSPS) is 9.63. The second-order valence-electron chi connectivity index (χ2n) is 3.08. The van der Waals surface area contributed by atoms with Crippen LogP contribution >= 0.6 is 34.8 Å². The predicted octanol–water partition coefficient (Wildman–Crippen LogP) is 1.49. The van der Waals surface area contributed by atoms with Crippen molar-refractivity contribution in [2.75, 3.05) is 17.6 Å². The van der Waals surface area contributed by atoms with E-state index >= 15 is 0 Å². The Hall–Kier alpha value is 0.150. The van der Waals surface area contributed by atoms with Crippen LogP contribution in [0.15, 0.2) is 0 Å². The zero-order chi connectivity index (χ0) is 14.7. The second kappa shape index (κ2) is 11.9. The van der Waals surface area contributed by atoms with Gasteiger partial charge in [-0.1, -0.05) is 0 Å². The van der Waals surface area contributed by atoms with Gasteiger partial charge in [0, 0.05) is 0 Å². The van der Waals surface area contributed by atoms with Crippen LogP contribution in [0.25, 0.3) is 0 Å². The molecule has 0 aliphatic carbocycles. The summed E-state index contributed by atoms with van der Waals surface area (Å²) in [6.45, 7) is 0. The fourth-order valence-corrected chi connectivity index (χ4v) is 4.52. The molecule has 0 heterocycles. The Kier molecular flexibility index (Phi) is 12.0. The van der Waals surface area contributed by atoms with Gasteiger partial charge in [0.25, 0.3) is 0 Å². The summed E-state index contributed by atoms with van der Waals surface area (Å²) in [6, 6.07) is 0. The standard InChI is InChI=1S/3C3H5ClO2.In/c3*4-2-1-3(5)6;/h3*1-2H2,(H,5,6);/q;;;+3/p-3. The van der Waals surface area contributed by atoms with Gasteiger partial charge in [0.1, 0.15) is 0 Å². The molecule has 0 aromatic heterocycles. The maximum atomic E-state index is 11.2. The first-order valence-corrected chi connectivity index (χ1v) is 10.9. The third kappa shape index (κ3) is 10.6. The molecule has 108 valence electrons. The second-order valence-corrected chi connectivity index (χ2v) is 7.88. The molecule has 0 N–H and O–H groups in total. The van der Waals surface area contributed by atoms with Crippen molar-refractivity contribution in [3.63, 3.8) is 0 Å². The number of halogens is 3. The van der Waals surface area contributed by atoms with E-state index in [0.717, 1.165) is 0 Å². The van der Waals surface area contributed by atoms with Crippen molar-refractivity contribution >= 4 is 75.5 Å². The van der Waals surface area contributed by atoms with Gasteiger partial charge >= 0.3 is 135 Å². The molecular weight excluding hydrogens is 425 g/mol. The van der Waals surface area contributed by atoms with Crippen LogP contribution < -0.4 is 0 Å². The number of carbonyl (C=O) groups excluding carboxylic acids is 3. The molecule has 0 rings (SSSR count). The molecule has 0 unspecified atom stereocenters. The first kappa shape index (κ1) is 19.2. The van der Waals surface area contributed by atoms with E-state index in [9.17, 15) is 14.4 Å². The van der Waals surface area contributed by atoms with Crippen LogP contribution in [0.1, 0.15) is 19.3 Å². The summed E-state index contributed by atoms with van der Waals surface area (Å²) in [4.78, 5) is 33.7. The fraction of sp³-hybridized carbons (Fsp3) is 0.667. The summed E-state index contributed by atoms with van der Waals surface area (Å²) in [6.07, 6.45) is -0.181. The first-order chi connectivity index (χ1) is 9.03. The molecule has 0 aromatic rings. The first-order valence-electron chi connectivity index (χ1n) is 5.29. The minimum absolute atomic E-state index is 0.0582. The molecule has 0 spiro atoms. The van der Waals surface area contributed by atoms with E-state index in [1.54, 1.807) is 0 Å². The molecule has 0 amide bonds. The summed E-state index contributed by atoms with van der Waals surface area (Å²) < 4.78 is 14.5. The summed E-state index contributed by atoms with van der Waals surface area (Å²) in [5.74, 6) is -1.84. The van der Waals surface area contributed by atoms with Gasteiger partial charge in [-0.2, -0.15) is 0 Å². The van der Waals surface area contributed by atoms with E-state index in [2.05, 4.69) is 0 Å². The fourth-order valence-electron chi connectivity index (χ4n) is 0.802. The Labute approximate surface area is 135 Å². The van der Waals surface area contributed by atoms with Gasteiger partial charge in [-0.15, -0.1) is 0 Å². The van der Waals surface area contributed by atoms with Gasteiger partial charge < -0.3 is 0 Å². The van der Waals surface area contributed by atoms with Gasteiger partial charge in [0.2, 0.25) is 0 Å². The van der Waals surface area contributed by atoms with E-state index in [1.807, 2.05) is 0 Å². The van der Waals surface area contributed by atoms with Gasteiger partial charge in [0.05, 0.1) is 0 Å². The molecular formula is C9H12Cl3InO6. The molecule has 0 atom stereocenters. The minimum atomic E-state index is -3.98. The van der Waals surface area contributed by atoms with Gasteiger partial charge in [-0.25, -0.2) is 0 Å². The molecule has 0 saturated carbocycles. The van der Waals surface area contributed by atoms with Crippen LogP contribution in [0.3, 0.4) is 0 Å². The van der Waals surface area contributed by atoms with Crippen molar-refractivity contribution in [3.05, 3.63) is 0 Å². The molecule has 0 aromatic carbocycles. The molecule has 0 radical (unpaired) electrons. The molecule has 0 fully saturated rings. The molecule has 0 saturated heterocycles. The third-order valence-electron chi connectivity index (χ3n) is 1.58. The number of hydrogen-bond acceptors (Lipinski definition) is 6. The van der Waals surface area contributed by atoms with Crippen molar-refractivity contribution in [2.24, 2.45) is 0 Å². The quantitative estimate of drug-likeness (QED) is 0.509. The van der Waals surface area contributed by atoms with Crippen LogP contribution in [-0.4, -0.2) is 58.3 Å². The van der Waals surface area contributed by atoms with Gasteiger partial charge in [-0.3, -0.25) is 0 Å². The Balaban J connectivity index is 4.40. The van der Waals surface area contributed by atoms with Crippen molar-refractivity contribution < 1.29 is 22.9 Å². The summed E-state index contributed by atoms with van der Waals surface area (Å²) in [7, 11) is 0. The zero-order valence-corrected chi connectivity index (χ0v) is 15.5. The van der Waals surface area contributed by atoms with Gasteiger partial charge in [0.15, 0.2) is 0 Å². The van der Waals surface area contributed by atoms with Crippen LogP contribution in [0.5, 0.6) is 0 Å². The number of alkyl halides is 3. The Morgan fingerprint density at radius 2 is 0.947 bits per heavy atom. The summed E-state index contributed by atoms with van der Waals surface area (Å²) >= 11 is 12.1. The molecule has 0 aliphatic heterocycles. The van der Waals surface area contributed by atoms with Crippen molar-refractivity contribution in [1.82, 2.24) is 0 Å². The SMILES string of the molecule is O=C(CCCl)[O][In]([O]C(=O)CCCl)[O]C(=O)CCCl. The van der Waals surface area contributed by atoms with Crippen molar-refractivity contribution in [1.29, 1.82) is 0 Å². The average molecular weight is 437 g/mol.